The zero-order valence-corrected chi connectivity index (χ0v) is 12.5. The molecule has 3 nitrogen and oxygen atoms in total. The molecule has 0 aromatic heterocycles. The van der Waals surface area contributed by atoms with Crippen molar-refractivity contribution < 1.29 is 13.9 Å². The molecule has 1 atom stereocenters. The van der Waals surface area contributed by atoms with Crippen molar-refractivity contribution in [2.24, 2.45) is 0 Å². The molecule has 0 aliphatic carbocycles. The van der Waals surface area contributed by atoms with Crippen molar-refractivity contribution in [3.8, 4) is 0 Å². The third-order valence-electron chi connectivity index (χ3n) is 2.16. The van der Waals surface area contributed by atoms with E-state index >= 15 is 0 Å². The maximum absolute atomic E-state index is 13.7. The Hall–Kier alpha value is -1.10. The van der Waals surface area contributed by atoms with Gasteiger partial charge in [0.05, 0.1) is 6.04 Å². The first-order chi connectivity index (χ1) is 8.19. The topological polar surface area (TPSA) is 38.3 Å². The average molecular weight is 318 g/mol. The first-order valence-corrected chi connectivity index (χ1v) is 6.43. The highest BCUT2D eigenvalue weighted by atomic mass is 79.9. The van der Waals surface area contributed by atoms with Crippen LogP contribution in [0, 0.1) is 5.82 Å². The summed E-state index contributed by atoms with van der Waals surface area (Å²) < 4.78 is 19.4. The van der Waals surface area contributed by atoms with Crippen molar-refractivity contribution in [1.29, 1.82) is 0 Å². The first-order valence-electron chi connectivity index (χ1n) is 5.63. The van der Waals surface area contributed by atoms with Crippen LogP contribution in [0.1, 0.15) is 39.3 Å². The van der Waals surface area contributed by atoms with Crippen LogP contribution < -0.4 is 5.32 Å². The van der Waals surface area contributed by atoms with Gasteiger partial charge < -0.3 is 10.1 Å². The van der Waals surface area contributed by atoms with E-state index in [1.807, 2.05) is 0 Å². The van der Waals surface area contributed by atoms with Gasteiger partial charge in [-0.25, -0.2) is 9.18 Å². The largest absolute Gasteiger partial charge is 0.444 e. The molecule has 0 radical (unpaired) electrons. The standard InChI is InChI=1S/C13H17BrFNO2/c1-8(16-12(17)18-13(2,3)4)10-6-5-9(14)7-11(10)15/h5-8H,1-4H3,(H,16,17)/t8-/m0/s1. The number of nitrogens with one attached hydrogen (secondary N) is 1. The monoisotopic (exact) mass is 317 g/mol. The lowest BCUT2D eigenvalue weighted by Gasteiger charge is -2.22. The second-order valence-corrected chi connectivity index (χ2v) is 5.95. The lowest BCUT2D eigenvalue weighted by atomic mass is 10.1. The average Bonchev–Trinajstić information content (AvgIpc) is 2.13. The summed E-state index contributed by atoms with van der Waals surface area (Å²) in [5.41, 5.74) is -0.147. The van der Waals surface area contributed by atoms with Crippen LogP contribution >= 0.6 is 15.9 Å². The summed E-state index contributed by atoms with van der Waals surface area (Å²) in [5, 5.41) is 2.60. The van der Waals surface area contributed by atoms with E-state index in [2.05, 4.69) is 21.2 Å². The van der Waals surface area contributed by atoms with Gasteiger partial charge in [0.25, 0.3) is 0 Å². The lowest BCUT2D eigenvalue weighted by molar-refractivity contribution is 0.0507. The van der Waals surface area contributed by atoms with Crippen molar-refractivity contribution in [2.75, 3.05) is 0 Å². The third kappa shape index (κ3) is 4.64. The second-order valence-electron chi connectivity index (χ2n) is 5.03. The summed E-state index contributed by atoms with van der Waals surface area (Å²) in [6, 6.07) is 4.27. The molecule has 1 aromatic rings. The van der Waals surface area contributed by atoms with Gasteiger partial charge in [0.15, 0.2) is 0 Å². The Morgan fingerprint density at radius 3 is 2.56 bits per heavy atom. The van der Waals surface area contributed by atoms with Gasteiger partial charge in [-0.15, -0.1) is 0 Å². The van der Waals surface area contributed by atoms with E-state index in [1.165, 1.54) is 6.07 Å². The molecule has 1 N–H and O–H groups in total. The predicted molar refractivity (Wildman–Crippen MR) is 71.9 cm³/mol. The van der Waals surface area contributed by atoms with Gasteiger partial charge in [-0.2, -0.15) is 0 Å². The molecule has 0 unspecified atom stereocenters. The summed E-state index contributed by atoms with van der Waals surface area (Å²) in [5.74, 6) is -0.368. The van der Waals surface area contributed by atoms with E-state index < -0.39 is 17.7 Å². The minimum absolute atomic E-state index is 0.368. The molecule has 0 saturated heterocycles. The molecule has 0 fully saturated rings. The Balaban J connectivity index is 2.71. The SMILES string of the molecule is C[C@H](NC(=O)OC(C)(C)C)c1ccc(Br)cc1F. The fraction of sp³-hybridized carbons (Fsp3) is 0.462. The molecular formula is C13H17BrFNO2. The third-order valence-corrected chi connectivity index (χ3v) is 2.66. The molecule has 18 heavy (non-hydrogen) atoms. The van der Waals surface area contributed by atoms with E-state index in [0.29, 0.717) is 10.0 Å². The zero-order chi connectivity index (χ0) is 13.9. The minimum atomic E-state index is -0.567. The summed E-state index contributed by atoms with van der Waals surface area (Å²) in [7, 11) is 0. The van der Waals surface area contributed by atoms with Crippen LogP contribution in [-0.2, 0) is 4.74 Å². The number of amides is 1. The molecule has 1 aromatic carbocycles. The van der Waals surface area contributed by atoms with E-state index in [1.54, 1.807) is 39.8 Å². The van der Waals surface area contributed by atoms with Gasteiger partial charge in [-0.1, -0.05) is 22.0 Å². The van der Waals surface area contributed by atoms with E-state index in [0.717, 1.165) is 0 Å². The molecule has 100 valence electrons. The summed E-state index contributed by atoms with van der Waals surface area (Å²) in [6.07, 6.45) is -0.558. The summed E-state index contributed by atoms with van der Waals surface area (Å²) in [6.45, 7) is 7.03. The number of carbonyl (C=O) groups is 1. The molecule has 5 heteroatoms. The quantitative estimate of drug-likeness (QED) is 0.888. The number of carbonyl (C=O) groups excluding carboxylic acids is 1. The van der Waals surface area contributed by atoms with Crippen LogP contribution in [0.25, 0.3) is 0 Å². The highest BCUT2D eigenvalue weighted by Gasteiger charge is 2.19. The Kier molecular flexibility index (Phi) is 4.73. The summed E-state index contributed by atoms with van der Waals surface area (Å²) >= 11 is 3.18. The van der Waals surface area contributed by atoms with Crippen LogP contribution in [-0.4, -0.2) is 11.7 Å². The molecular weight excluding hydrogens is 301 g/mol. The lowest BCUT2D eigenvalue weighted by Crippen LogP contribution is -2.34. The zero-order valence-electron chi connectivity index (χ0n) is 10.9. The number of halogens is 2. The molecule has 0 bridgehead atoms. The van der Waals surface area contributed by atoms with E-state index in [9.17, 15) is 9.18 Å². The van der Waals surface area contributed by atoms with Gasteiger partial charge in [0.1, 0.15) is 11.4 Å². The van der Waals surface area contributed by atoms with Gasteiger partial charge >= 0.3 is 6.09 Å². The summed E-state index contributed by atoms with van der Waals surface area (Å²) in [4.78, 5) is 11.6. The van der Waals surface area contributed by atoms with Crippen LogP contribution in [0.4, 0.5) is 9.18 Å². The molecule has 1 rings (SSSR count). The Bertz CT molecular complexity index is 443. The van der Waals surface area contributed by atoms with Crippen LogP contribution in [0.2, 0.25) is 0 Å². The van der Waals surface area contributed by atoms with Gasteiger partial charge in [-0.05, 0) is 39.8 Å². The van der Waals surface area contributed by atoms with Crippen molar-refractivity contribution in [3.63, 3.8) is 0 Å². The van der Waals surface area contributed by atoms with Crippen molar-refractivity contribution >= 4 is 22.0 Å². The fourth-order valence-electron chi connectivity index (χ4n) is 1.41. The number of hydrogen-bond donors (Lipinski definition) is 1. The van der Waals surface area contributed by atoms with Crippen molar-refractivity contribution in [3.05, 3.63) is 34.1 Å². The highest BCUT2D eigenvalue weighted by Crippen LogP contribution is 2.21. The first kappa shape index (κ1) is 15.0. The van der Waals surface area contributed by atoms with Gasteiger partial charge in [0.2, 0.25) is 0 Å². The number of hydrogen-bond acceptors (Lipinski definition) is 2. The smallest absolute Gasteiger partial charge is 0.408 e. The number of rotatable bonds is 2. The van der Waals surface area contributed by atoms with Gasteiger partial charge in [-0.3, -0.25) is 0 Å². The molecule has 0 spiro atoms. The Morgan fingerprint density at radius 1 is 1.44 bits per heavy atom. The number of alkyl carbamates (subject to hydrolysis) is 1. The number of benzene rings is 1. The molecule has 0 aliphatic heterocycles. The maximum atomic E-state index is 13.7. The predicted octanol–water partition coefficient (Wildman–Crippen LogP) is 4.17. The van der Waals surface area contributed by atoms with Crippen LogP contribution in [0.15, 0.2) is 22.7 Å². The fourth-order valence-corrected chi connectivity index (χ4v) is 1.75. The van der Waals surface area contributed by atoms with Crippen molar-refractivity contribution in [2.45, 2.75) is 39.3 Å². The van der Waals surface area contributed by atoms with Gasteiger partial charge in [0, 0.05) is 10.0 Å². The highest BCUT2D eigenvalue weighted by molar-refractivity contribution is 9.10. The van der Waals surface area contributed by atoms with Crippen molar-refractivity contribution in [1.82, 2.24) is 5.32 Å². The molecule has 0 saturated carbocycles. The number of ether oxygens (including phenoxy) is 1. The normalized spacial score (nSPS) is 13.0. The van der Waals surface area contributed by atoms with E-state index in [-0.39, 0.29) is 5.82 Å². The maximum Gasteiger partial charge on any atom is 0.408 e. The molecule has 1 amide bonds. The second kappa shape index (κ2) is 5.69. The molecule has 0 heterocycles. The minimum Gasteiger partial charge on any atom is -0.444 e. The Labute approximate surface area is 115 Å². The van der Waals surface area contributed by atoms with E-state index in [4.69, 9.17) is 4.74 Å². The van der Waals surface area contributed by atoms with Crippen LogP contribution in [0.3, 0.4) is 0 Å². The molecule has 0 aliphatic rings. The van der Waals surface area contributed by atoms with Crippen LogP contribution in [0.5, 0.6) is 0 Å². The Morgan fingerprint density at radius 2 is 2.06 bits per heavy atom.